The van der Waals surface area contributed by atoms with Crippen LogP contribution < -0.4 is 9.80 Å². The summed E-state index contributed by atoms with van der Waals surface area (Å²) in [5, 5.41) is 0. The largest absolute Gasteiger partial charge is 0.269 e. The van der Waals surface area contributed by atoms with Crippen molar-refractivity contribution >= 4 is 35.0 Å². The Hall–Kier alpha value is -3.80. The highest BCUT2D eigenvalue weighted by atomic mass is 16.2. The van der Waals surface area contributed by atoms with Crippen molar-refractivity contribution in [1.29, 1.82) is 0 Å². The molecule has 0 N–H and O–H groups in total. The Morgan fingerprint density at radius 1 is 0.552 bits per heavy atom. The van der Waals surface area contributed by atoms with Crippen LogP contribution in [0.5, 0.6) is 0 Å². The van der Waals surface area contributed by atoms with Crippen molar-refractivity contribution in [2.45, 2.75) is 20.8 Å². The lowest BCUT2D eigenvalue weighted by Gasteiger charge is -2.18. The maximum absolute atomic E-state index is 11.5. The Morgan fingerprint density at radius 2 is 0.966 bits per heavy atom. The summed E-state index contributed by atoms with van der Waals surface area (Å²) in [6, 6.07) is 13.0. The van der Waals surface area contributed by atoms with Crippen molar-refractivity contribution in [1.82, 2.24) is 0 Å². The molecule has 2 heterocycles. The van der Waals surface area contributed by atoms with Gasteiger partial charge in [-0.25, -0.2) is 9.80 Å². The van der Waals surface area contributed by atoms with Gasteiger partial charge in [0, 0.05) is 24.3 Å². The normalized spacial score (nSPS) is 15.3. The summed E-state index contributed by atoms with van der Waals surface area (Å²) in [6.07, 6.45) is 5.16. The third kappa shape index (κ3) is 4.06. The smallest absolute Gasteiger partial charge is 0.258 e. The van der Waals surface area contributed by atoms with Gasteiger partial charge in [0.1, 0.15) is 0 Å². The fourth-order valence-electron chi connectivity index (χ4n) is 3.13. The average molecular weight is 388 g/mol. The van der Waals surface area contributed by atoms with E-state index in [9.17, 15) is 19.2 Å². The quantitative estimate of drug-likeness (QED) is 0.741. The van der Waals surface area contributed by atoms with Crippen molar-refractivity contribution in [3.63, 3.8) is 0 Å². The molecule has 4 amide bonds. The number of rotatable bonds is 2. The van der Waals surface area contributed by atoms with Crippen LogP contribution in [0.25, 0.3) is 0 Å². The van der Waals surface area contributed by atoms with Gasteiger partial charge in [-0.3, -0.25) is 19.2 Å². The lowest BCUT2D eigenvalue weighted by molar-refractivity contribution is -0.121. The molecule has 2 aromatic carbocycles. The molecule has 0 radical (unpaired) electrons. The van der Waals surface area contributed by atoms with Gasteiger partial charge >= 0.3 is 0 Å². The third-order valence-electron chi connectivity index (χ3n) is 4.57. The summed E-state index contributed by atoms with van der Waals surface area (Å²) in [4.78, 5) is 48.0. The zero-order valence-corrected chi connectivity index (χ0v) is 16.4. The molecule has 29 heavy (non-hydrogen) atoms. The Morgan fingerprint density at radius 3 is 1.41 bits per heavy atom. The minimum Gasteiger partial charge on any atom is -0.269 e. The van der Waals surface area contributed by atoms with Gasteiger partial charge in [-0.1, -0.05) is 35.9 Å². The standard InChI is InChI=1S/C12H11NO2.C11H9NO2/c1-8-4-3-5-9(2)12(8)13-10(14)6-7-11(13)15;1-8-2-4-9(5-3-8)12-10(13)6-7-11(12)14/h3-7H,1-2H3;2-7H,1H3. The second-order valence-electron chi connectivity index (χ2n) is 6.77. The Labute approximate surface area is 168 Å². The number of benzene rings is 2. The summed E-state index contributed by atoms with van der Waals surface area (Å²) < 4.78 is 0. The van der Waals surface area contributed by atoms with E-state index in [4.69, 9.17) is 0 Å². The SMILES string of the molecule is Cc1ccc(N2C(=O)C=CC2=O)cc1.Cc1cccc(C)c1N1C(=O)C=CC1=O. The molecule has 146 valence electrons. The topological polar surface area (TPSA) is 74.8 Å². The number of imide groups is 2. The van der Waals surface area contributed by atoms with Gasteiger partial charge in [0.05, 0.1) is 11.4 Å². The van der Waals surface area contributed by atoms with Crippen molar-refractivity contribution in [3.05, 3.63) is 83.5 Å². The predicted octanol–water partition coefficient (Wildman–Crippen LogP) is 3.16. The highest BCUT2D eigenvalue weighted by Crippen LogP contribution is 2.27. The van der Waals surface area contributed by atoms with Gasteiger partial charge in [-0.15, -0.1) is 0 Å². The molecule has 2 aromatic rings. The van der Waals surface area contributed by atoms with Crippen molar-refractivity contribution < 1.29 is 19.2 Å². The van der Waals surface area contributed by atoms with Gasteiger partial charge in [-0.05, 0) is 44.0 Å². The number of carbonyl (C=O) groups excluding carboxylic acids is 4. The van der Waals surface area contributed by atoms with Crippen LogP contribution in [-0.4, -0.2) is 23.6 Å². The molecule has 2 aliphatic rings. The van der Waals surface area contributed by atoms with Gasteiger partial charge in [0.2, 0.25) is 0 Å². The molecule has 0 spiro atoms. The molecule has 0 saturated heterocycles. The minimum absolute atomic E-state index is 0.266. The number of aryl methyl sites for hydroxylation is 3. The van der Waals surface area contributed by atoms with Crippen LogP contribution in [0.2, 0.25) is 0 Å². The van der Waals surface area contributed by atoms with E-state index in [1.54, 1.807) is 12.1 Å². The molecule has 0 bridgehead atoms. The van der Waals surface area contributed by atoms with E-state index < -0.39 is 0 Å². The van der Waals surface area contributed by atoms with Gasteiger partial charge in [0.25, 0.3) is 23.6 Å². The molecular weight excluding hydrogens is 368 g/mol. The molecule has 0 saturated carbocycles. The lowest BCUT2D eigenvalue weighted by atomic mass is 10.1. The summed E-state index contributed by atoms with van der Waals surface area (Å²) in [6.45, 7) is 5.73. The summed E-state index contributed by atoms with van der Waals surface area (Å²) in [5.74, 6) is -1.09. The molecule has 0 unspecified atom stereocenters. The number of anilines is 2. The Bertz CT molecular complexity index is 1010. The average Bonchev–Trinajstić information content (AvgIpc) is 3.19. The molecule has 6 heteroatoms. The Kier molecular flexibility index (Phi) is 5.54. The van der Waals surface area contributed by atoms with Gasteiger partial charge in [-0.2, -0.15) is 0 Å². The zero-order valence-electron chi connectivity index (χ0n) is 16.4. The van der Waals surface area contributed by atoms with Crippen LogP contribution >= 0.6 is 0 Å². The number of amides is 4. The molecular formula is C23H20N2O4. The fraction of sp³-hybridized carbons (Fsp3) is 0.130. The summed E-state index contributed by atoms with van der Waals surface area (Å²) in [7, 11) is 0. The number of para-hydroxylation sites is 1. The zero-order chi connectivity index (χ0) is 21.1. The van der Waals surface area contributed by atoms with Crippen molar-refractivity contribution in [2.24, 2.45) is 0 Å². The first-order valence-electron chi connectivity index (χ1n) is 9.04. The number of hydrogen-bond acceptors (Lipinski definition) is 4. The molecule has 0 aliphatic carbocycles. The van der Waals surface area contributed by atoms with Crippen molar-refractivity contribution in [2.75, 3.05) is 9.80 Å². The van der Waals surface area contributed by atoms with Crippen LogP contribution in [-0.2, 0) is 19.2 Å². The van der Waals surface area contributed by atoms with Crippen molar-refractivity contribution in [3.8, 4) is 0 Å². The first-order valence-corrected chi connectivity index (χ1v) is 9.04. The molecule has 4 rings (SSSR count). The lowest BCUT2D eigenvalue weighted by Crippen LogP contribution is -2.30. The van der Waals surface area contributed by atoms with E-state index in [1.165, 1.54) is 29.2 Å². The molecule has 0 aromatic heterocycles. The number of hydrogen-bond donors (Lipinski definition) is 0. The van der Waals surface area contributed by atoms with Crippen LogP contribution in [0.4, 0.5) is 11.4 Å². The molecule has 0 atom stereocenters. The van der Waals surface area contributed by atoms with E-state index in [0.29, 0.717) is 11.4 Å². The van der Waals surface area contributed by atoms with Gasteiger partial charge < -0.3 is 0 Å². The maximum atomic E-state index is 11.5. The first-order chi connectivity index (χ1) is 13.8. The molecule has 2 aliphatic heterocycles. The Balaban J connectivity index is 0.000000166. The van der Waals surface area contributed by atoms with E-state index in [1.807, 2.05) is 51.1 Å². The second-order valence-corrected chi connectivity index (χ2v) is 6.77. The van der Waals surface area contributed by atoms with Crippen LogP contribution in [0.3, 0.4) is 0 Å². The monoisotopic (exact) mass is 388 g/mol. The van der Waals surface area contributed by atoms with Gasteiger partial charge in [0.15, 0.2) is 0 Å². The minimum atomic E-state index is -0.279. The highest BCUT2D eigenvalue weighted by Gasteiger charge is 2.27. The van der Waals surface area contributed by atoms with E-state index in [2.05, 4.69) is 0 Å². The van der Waals surface area contributed by atoms with E-state index in [-0.39, 0.29) is 23.6 Å². The maximum Gasteiger partial charge on any atom is 0.258 e. The van der Waals surface area contributed by atoms with Crippen LogP contribution in [0, 0.1) is 20.8 Å². The summed E-state index contributed by atoms with van der Waals surface area (Å²) in [5.41, 5.74) is 4.29. The van der Waals surface area contributed by atoms with Crippen LogP contribution in [0.15, 0.2) is 66.8 Å². The van der Waals surface area contributed by atoms with E-state index in [0.717, 1.165) is 21.6 Å². The third-order valence-corrected chi connectivity index (χ3v) is 4.57. The first kappa shape index (κ1) is 19.9. The molecule has 0 fully saturated rings. The number of carbonyl (C=O) groups is 4. The van der Waals surface area contributed by atoms with Crippen LogP contribution in [0.1, 0.15) is 16.7 Å². The number of nitrogens with zero attached hydrogens (tertiary/aromatic N) is 2. The highest BCUT2D eigenvalue weighted by molar-refractivity contribution is 6.29. The fourth-order valence-corrected chi connectivity index (χ4v) is 3.13. The van der Waals surface area contributed by atoms with E-state index >= 15 is 0 Å². The summed E-state index contributed by atoms with van der Waals surface area (Å²) >= 11 is 0. The second kappa shape index (κ2) is 8.06. The predicted molar refractivity (Wildman–Crippen MR) is 110 cm³/mol. The molecule has 6 nitrogen and oxygen atoms in total.